The van der Waals surface area contributed by atoms with Gasteiger partial charge in [-0.05, 0) is 30.5 Å². The molecule has 1 N–H and O–H groups in total. The molecule has 1 saturated heterocycles. The Morgan fingerprint density at radius 1 is 1.33 bits per heavy atom. The second kappa shape index (κ2) is 5.50. The first-order valence-corrected chi connectivity index (χ1v) is 6.22. The van der Waals surface area contributed by atoms with Crippen molar-refractivity contribution in [3.8, 4) is 0 Å². The summed E-state index contributed by atoms with van der Waals surface area (Å²) in [6.07, 6.45) is 0. The van der Waals surface area contributed by atoms with Crippen LogP contribution in [0.15, 0.2) is 18.2 Å². The molecule has 18 heavy (non-hydrogen) atoms. The Kier molecular flexibility index (Phi) is 3.99. The molecule has 0 aliphatic carbocycles. The summed E-state index contributed by atoms with van der Waals surface area (Å²) in [6.45, 7) is 6.55. The van der Waals surface area contributed by atoms with Crippen LogP contribution in [-0.4, -0.2) is 42.3 Å². The van der Waals surface area contributed by atoms with Crippen molar-refractivity contribution in [2.45, 2.75) is 19.9 Å². The van der Waals surface area contributed by atoms with Gasteiger partial charge in [-0.15, -0.1) is 0 Å². The van der Waals surface area contributed by atoms with Gasteiger partial charge < -0.3 is 9.84 Å². The summed E-state index contributed by atoms with van der Waals surface area (Å²) in [6, 6.07) is 5.29. The maximum absolute atomic E-state index is 11.6. The predicted octanol–water partition coefficient (Wildman–Crippen LogP) is 1.76. The van der Waals surface area contributed by atoms with Crippen LogP contribution in [0.3, 0.4) is 0 Å². The van der Waals surface area contributed by atoms with Gasteiger partial charge in [0.05, 0.1) is 13.2 Å². The third kappa shape index (κ3) is 2.54. The molecule has 0 aromatic heterocycles. The van der Waals surface area contributed by atoms with Crippen LogP contribution in [0.5, 0.6) is 0 Å². The summed E-state index contributed by atoms with van der Waals surface area (Å²) in [4.78, 5) is 13.6. The zero-order valence-corrected chi connectivity index (χ0v) is 10.8. The molecule has 1 aliphatic rings. The topological polar surface area (TPSA) is 49.8 Å². The van der Waals surface area contributed by atoms with Crippen LogP contribution in [-0.2, 0) is 9.53 Å². The predicted molar refractivity (Wildman–Crippen MR) is 68.7 cm³/mol. The highest BCUT2D eigenvalue weighted by Gasteiger charge is 2.29. The smallest absolute Gasteiger partial charge is 0.325 e. The molecule has 1 aliphatic heterocycles. The van der Waals surface area contributed by atoms with Crippen molar-refractivity contribution in [1.82, 2.24) is 4.90 Å². The maximum atomic E-state index is 11.6. The van der Waals surface area contributed by atoms with Gasteiger partial charge in [0, 0.05) is 13.1 Å². The minimum atomic E-state index is -0.786. The SMILES string of the molecule is Cc1cccc(C(C(=O)O)N2CCOCC2)c1C. The van der Waals surface area contributed by atoms with E-state index in [0.29, 0.717) is 26.3 Å². The zero-order valence-electron chi connectivity index (χ0n) is 10.8. The largest absolute Gasteiger partial charge is 0.480 e. The molecule has 4 heteroatoms. The van der Waals surface area contributed by atoms with Crippen LogP contribution in [0.2, 0.25) is 0 Å². The van der Waals surface area contributed by atoms with Gasteiger partial charge in [-0.25, -0.2) is 0 Å². The molecule has 1 heterocycles. The summed E-state index contributed by atoms with van der Waals surface area (Å²) in [5.41, 5.74) is 3.09. The lowest BCUT2D eigenvalue weighted by Gasteiger charge is -2.33. The standard InChI is InChI=1S/C14H19NO3/c1-10-4-3-5-12(11(10)2)13(14(16)17)15-6-8-18-9-7-15/h3-5,13H,6-9H2,1-2H3,(H,16,17). The number of nitrogens with zero attached hydrogens (tertiary/aromatic N) is 1. The van der Waals surface area contributed by atoms with Crippen molar-refractivity contribution in [3.63, 3.8) is 0 Å². The first-order chi connectivity index (χ1) is 8.61. The Morgan fingerprint density at radius 3 is 2.61 bits per heavy atom. The van der Waals surface area contributed by atoms with E-state index in [0.717, 1.165) is 16.7 Å². The molecule has 1 unspecified atom stereocenters. The van der Waals surface area contributed by atoms with E-state index in [1.807, 2.05) is 36.9 Å². The number of morpholine rings is 1. The van der Waals surface area contributed by atoms with Gasteiger partial charge >= 0.3 is 5.97 Å². The van der Waals surface area contributed by atoms with Crippen LogP contribution in [0.1, 0.15) is 22.7 Å². The Labute approximate surface area is 107 Å². The fourth-order valence-electron chi connectivity index (χ4n) is 2.39. The molecule has 0 saturated carbocycles. The third-order valence-corrected chi connectivity index (χ3v) is 3.59. The molecule has 98 valence electrons. The normalized spacial score (nSPS) is 18.6. The highest BCUT2D eigenvalue weighted by atomic mass is 16.5. The lowest BCUT2D eigenvalue weighted by molar-refractivity contribution is -0.145. The number of hydrogen-bond donors (Lipinski definition) is 1. The fraction of sp³-hybridized carbons (Fsp3) is 0.500. The van der Waals surface area contributed by atoms with Crippen molar-refractivity contribution >= 4 is 5.97 Å². The molecule has 1 atom stereocenters. The van der Waals surface area contributed by atoms with E-state index in [4.69, 9.17) is 4.74 Å². The van der Waals surface area contributed by atoms with Gasteiger partial charge in [-0.1, -0.05) is 18.2 Å². The van der Waals surface area contributed by atoms with Crippen molar-refractivity contribution in [3.05, 3.63) is 34.9 Å². The van der Waals surface area contributed by atoms with Gasteiger partial charge in [0.15, 0.2) is 0 Å². The van der Waals surface area contributed by atoms with Crippen molar-refractivity contribution in [1.29, 1.82) is 0 Å². The Morgan fingerprint density at radius 2 is 2.00 bits per heavy atom. The monoisotopic (exact) mass is 249 g/mol. The fourth-order valence-corrected chi connectivity index (χ4v) is 2.39. The minimum Gasteiger partial charge on any atom is -0.480 e. The number of aryl methyl sites for hydroxylation is 1. The van der Waals surface area contributed by atoms with E-state index < -0.39 is 12.0 Å². The molecule has 4 nitrogen and oxygen atoms in total. The molecule has 1 aromatic rings. The lowest BCUT2D eigenvalue weighted by Crippen LogP contribution is -2.42. The zero-order chi connectivity index (χ0) is 13.1. The van der Waals surface area contributed by atoms with E-state index in [-0.39, 0.29) is 0 Å². The van der Waals surface area contributed by atoms with E-state index >= 15 is 0 Å². The highest BCUT2D eigenvalue weighted by molar-refractivity contribution is 5.76. The van der Waals surface area contributed by atoms with Crippen LogP contribution in [0.4, 0.5) is 0 Å². The minimum absolute atomic E-state index is 0.561. The van der Waals surface area contributed by atoms with Crippen molar-refractivity contribution < 1.29 is 14.6 Å². The number of rotatable bonds is 3. The third-order valence-electron chi connectivity index (χ3n) is 3.59. The van der Waals surface area contributed by atoms with Crippen molar-refractivity contribution in [2.24, 2.45) is 0 Å². The van der Waals surface area contributed by atoms with E-state index in [1.165, 1.54) is 0 Å². The summed E-state index contributed by atoms with van der Waals surface area (Å²) in [5.74, 6) is -0.786. The van der Waals surface area contributed by atoms with Crippen LogP contribution < -0.4 is 0 Å². The number of carboxylic acid groups (broad SMARTS) is 1. The van der Waals surface area contributed by atoms with Crippen LogP contribution in [0, 0.1) is 13.8 Å². The first-order valence-electron chi connectivity index (χ1n) is 6.22. The highest BCUT2D eigenvalue weighted by Crippen LogP contribution is 2.26. The summed E-state index contributed by atoms with van der Waals surface area (Å²) in [5, 5.41) is 9.51. The number of ether oxygens (including phenoxy) is 1. The van der Waals surface area contributed by atoms with Gasteiger partial charge in [0.2, 0.25) is 0 Å². The Hall–Kier alpha value is -1.39. The van der Waals surface area contributed by atoms with Gasteiger partial charge in [-0.3, -0.25) is 9.69 Å². The Bertz CT molecular complexity index is 439. The van der Waals surface area contributed by atoms with E-state index in [1.54, 1.807) is 0 Å². The molecular formula is C14H19NO3. The van der Waals surface area contributed by atoms with Crippen LogP contribution in [0.25, 0.3) is 0 Å². The Balaban J connectivity index is 2.34. The van der Waals surface area contributed by atoms with Gasteiger partial charge in [0.1, 0.15) is 6.04 Å². The van der Waals surface area contributed by atoms with Crippen molar-refractivity contribution in [2.75, 3.05) is 26.3 Å². The number of carbonyl (C=O) groups is 1. The lowest BCUT2D eigenvalue weighted by atomic mass is 9.96. The maximum Gasteiger partial charge on any atom is 0.325 e. The molecule has 0 radical (unpaired) electrons. The number of hydrogen-bond acceptors (Lipinski definition) is 3. The second-order valence-corrected chi connectivity index (χ2v) is 4.68. The van der Waals surface area contributed by atoms with Crippen LogP contribution >= 0.6 is 0 Å². The quantitative estimate of drug-likeness (QED) is 0.887. The number of carboxylic acids is 1. The molecule has 1 fully saturated rings. The molecule has 0 amide bonds. The molecular weight excluding hydrogens is 230 g/mol. The number of benzene rings is 1. The second-order valence-electron chi connectivity index (χ2n) is 4.68. The average Bonchev–Trinajstić information content (AvgIpc) is 2.36. The summed E-state index contributed by atoms with van der Waals surface area (Å²) >= 11 is 0. The van der Waals surface area contributed by atoms with Gasteiger partial charge in [0.25, 0.3) is 0 Å². The molecule has 0 bridgehead atoms. The first kappa shape index (κ1) is 13.1. The van der Waals surface area contributed by atoms with Gasteiger partial charge in [-0.2, -0.15) is 0 Å². The molecule has 0 spiro atoms. The summed E-state index contributed by atoms with van der Waals surface area (Å²) in [7, 11) is 0. The van der Waals surface area contributed by atoms with E-state index in [9.17, 15) is 9.90 Å². The summed E-state index contributed by atoms with van der Waals surface area (Å²) < 4.78 is 5.28. The molecule has 1 aromatic carbocycles. The number of aliphatic carboxylic acids is 1. The average molecular weight is 249 g/mol. The van der Waals surface area contributed by atoms with E-state index in [2.05, 4.69) is 0 Å². The molecule has 2 rings (SSSR count).